The molecule has 0 bridgehead atoms. The van der Waals surface area contributed by atoms with E-state index < -0.39 is 0 Å². The van der Waals surface area contributed by atoms with E-state index >= 15 is 0 Å². The Hall–Kier alpha value is -1.02. The van der Waals surface area contributed by atoms with Crippen molar-refractivity contribution in [1.29, 1.82) is 0 Å². The number of rotatable bonds is 5. The average Bonchev–Trinajstić information content (AvgIpc) is 2.45. The van der Waals surface area contributed by atoms with Crippen molar-refractivity contribution in [2.45, 2.75) is 39.0 Å². The van der Waals surface area contributed by atoms with E-state index in [0.29, 0.717) is 11.8 Å². The lowest BCUT2D eigenvalue weighted by Crippen LogP contribution is -2.33. The van der Waals surface area contributed by atoms with E-state index in [1.807, 2.05) is 0 Å². The molecule has 1 aliphatic rings. The number of ether oxygens (including phenoxy) is 1. The van der Waals surface area contributed by atoms with E-state index in [0.717, 1.165) is 25.3 Å². The average molecular weight is 247 g/mol. The molecule has 0 amide bonds. The molecule has 1 aromatic carbocycles. The Morgan fingerprint density at radius 2 is 2.22 bits per heavy atom. The summed E-state index contributed by atoms with van der Waals surface area (Å²) < 4.78 is 6.06. The Morgan fingerprint density at radius 3 is 2.94 bits per heavy atom. The first-order chi connectivity index (χ1) is 8.81. The summed E-state index contributed by atoms with van der Waals surface area (Å²) in [4.78, 5) is 0. The molecule has 2 heteroatoms. The Bertz CT molecular complexity index is 358. The molecule has 100 valence electrons. The first-order valence-corrected chi connectivity index (χ1v) is 7.23. The van der Waals surface area contributed by atoms with Crippen LogP contribution in [0.25, 0.3) is 0 Å². The number of hydrogen-bond acceptors (Lipinski definition) is 2. The molecule has 2 atom stereocenters. The number of hydrogen-bond donors (Lipinski definition) is 1. The fraction of sp³-hybridized carbons (Fsp3) is 0.625. The van der Waals surface area contributed by atoms with Gasteiger partial charge in [0.1, 0.15) is 5.75 Å². The molecule has 1 aromatic rings. The molecule has 1 aliphatic heterocycles. The first kappa shape index (κ1) is 13.4. The van der Waals surface area contributed by atoms with Crippen molar-refractivity contribution in [3.63, 3.8) is 0 Å². The highest BCUT2D eigenvalue weighted by Gasteiger charge is 2.15. The highest BCUT2D eigenvalue weighted by Crippen LogP contribution is 2.29. The van der Waals surface area contributed by atoms with Gasteiger partial charge in [-0.3, -0.25) is 0 Å². The van der Waals surface area contributed by atoms with Gasteiger partial charge in [-0.2, -0.15) is 0 Å². The molecule has 1 N–H and O–H groups in total. The Morgan fingerprint density at radius 1 is 1.39 bits per heavy atom. The van der Waals surface area contributed by atoms with Crippen LogP contribution in [0.3, 0.4) is 0 Å². The lowest BCUT2D eigenvalue weighted by molar-refractivity contribution is 0.216. The summed E-state index contributed by atoms with van der Waals surface area (Å²) in [5.74, 6) is 2.33. The number of benzene rings is 1. The van der Waals surface area contributed by atoms with Gasteiger partial charge >= 0.3 is 0 Å². The van der Waals surface area contributed by atoms with Crippen LogP contribution >= 0.6 is 0 Å². The van der Waals surface area contributed by atoms with Crippen molar-refractivity contribution in [1.82, 2.24) is 5.32 Å². The Balaban J connectivity index is 1.95. The third-order valence-electron chi connectivity index (χ3n) is 3.94. The van der Waals surface area contributed by atoms with E-state index in [4.69, 9.17) is 4.74 Å². The third-order valence-corrected chi connectivity index (χ3v) is 3.94. The second kappa shape index (κ2) is 6.79. The number of nitrogens with one attached hydrogen (secondary N) is 1. The maximum Gasteiger partial charge on any atom is 0.122 e. The van der Waals surface area contributed by atoms with Gasteiger partial charge in [0.05, 0.1) is 6.61 Å². The zero-order chi connectivity index (χ0) is 12.8. The van der Waals surface area contributed by atoms with Crippen molar-refractivity contribution in [3.05, 3.63) is 29.8 Å². The summed E-state index contributed by atoms with van der Waals surface area (Å²) in [5, 5.41) is 3.44. The minimum absolute atomic E-state index is 0.575. The quantitative estimate of drug-likeness (QED) is 0.858. The van der Waals surface area contributed by atoms with Crippen LogP contribution in [0.5, 0.6) is 5.75 Å². The number of piperidine rings is 1. The van der Waals surface area contributed by atoms with Gasteiger partial charge in [-0.05, 0) is 43.4 Å². The van der Waals surface area contributed by atoms with Crippen molar-refractivity contribution >= 4 is 0 Å². The predicted molar refractivity (Wildman–Crippen MR) is 76.2 cm³/mol. The highest BCUT2D eigenvalue weighted by molar-refractivity contribution is 5.35. The van der Waals surface area contributed by atoms with Crippen molar-refractivity contribution in [2.24, 2.45) is 5.92 Å². The summed E-state index contributed by atoms with van der Waals surface area (Å²) in [7, 11) is 0. The predicted octanol–water partition coefficient (Wildman–Crippen LogP) is 3.58. The van der Waals surface area contributed by atoms with Crippen LogP contribution in [0.15, 0.2) is 24.3 Å². The van der Waals surface area contributed by atoms with Gasteiger partial charge in [-0.15, -0.1) is 0 Å². The minimum Gasteiger partial charge on any atom is -0.493 e. The Labute approximate surface area is 111 Å². The summed E-state index contributed by atoms with van der Waals surface area (Å²) in [5.41, 5.74) is 1.35. The fourth-order valence-corrected chi connectivity index (χ4v) is 2.51. The van der Waals surface area contributed by atoms with Crippen LogP contribution < -0.4 is 10.1 Å². The number of para-hydroxylation sites is 1. The SMILES string of the molecule is CC[C@H](C)c1ccccc1OC[C@H]1CCCNC1. The third kappa shape index (κ3) is 3.49. The van der Waals surface area contributed by atoms with Gasteiger partial charge in [-0.25, -0.2) is 0 Å². The minimum atomic E-state index is 0.575. The first-order valence-electron chi connectivity index (χ1n) is 7.23. The van der Waals surface area contributed by atoms with Gasteiger partial charge in [0.15, 0.2) is 0 Å². The molecule has 0 aromatic heterocycles. The lowest BCUT2D eigenvalue weighted by Gasteiger charge is -2.24. The largest absolute Gasteiger partial charge is 0.493 e. The van der Waals surface area contributed by atoms with Crippen LogP contribution in [0.4, 0.5) is 0 Å². The lowest BCUT2D eigenvalue weighted by atomic mass is 9.97. The van der Waals surface area contributed by atoms with Gasteiger partial charge in [0.25, 0.3) is 0 Å². The molecule has 0 radical (unpaired) electrons. The zero-order valence-electron chi connectivity index (χ0n) is 11.6. The standard InChI is InChI=1S/C16H25NO/c1-3-13(2)15-8-4-5-9-16(15)18-12-14-7-6-10-17-11-14/h4-5,8-9,13-14,17H,3,6-7,10-12H2,1-2H3/t13-,14-/m0/s1. The smallest absolute Gasteiger partial charge is 0.122 e. The fourth-order valence-electron chi connectivity index (χ4n) is 2.51. The van der Waals surface area contributed by atoms with Crippen molar-refractivity contribution < 1.29 is 4.74 Å². The Kier molecular flexibility index (Phi) is 5.06. The topological polar surface area (TPSA) is 21.3 Å². The van der Waals surface area contributed by atoms with Crippen molar-refractivity contribution in [3.8, 4) is 5.75 Å². The van der Waals surface area contributed by atoms with Crippen LogP contribution in [-0.4, -0.2) is 19.7 Å². The molecule has 1 fully saturated rings. The van der Waals surface area contributed by atoms with E-state index in [9.17, 15) is 0 Å². The molecular weight excluding hydrogens is 222 g/mol. The molecule has 1 saturated heterocycles. The van der Waals surface area contributed by atoms with Gasteiger partial charge in [-0.1, -0.05) is 32.0 Å². The van der Waals surface area contributed by atoms with Gasteiger partial charge in [0.2, 0.25) is 0 Å². The molecule has 2 rings (SSSR count). The summed E-state index contributed by atoms with van der Waals surface area (Å²) in [6.07, 6.45) is 3.73. The molecule has 0 saturated carbocycles. The van der Waals surface area contributed by atoms with E-state index in [1.54, 1.807) is 0 Å². The van der Waals surface area contributed by atoms with E-state index in [-0.39, 0.29) is 0 Å². The maximum atomic E-state index is 6.06. The zero-order valence-corrected chi connectivity index (χ0v) is 11.6. The monoisotopic (exact) mass is 247 g/mol. The summed E-state index contributed by atoms with van der Waals surface area (Å²) in [6, 6.07) is 8.48. The highest BCUT2D eigenvalue weighted by atomic mass is 16.5. The molecule has 0 spiro atoms. The van der Waals surface area contributed by atoms with Crippen LogP contribution in [0.1, 0.15) is 44.6 Å². The normalized spacial score (nSPS) is 21.6. The second-order valence-corrected chi connectivity index (χ2v) is 5.37. The van der Waals surface area contributed by atoms with E-state index in [1.165, 1.54) is 24.9 Å². The van der Waals surface area contributed by atoms with Crippen LogP contribution in [0.2, 0.25) is 0 Å². The van der Waals surface area contributed by atoms with Gasteiger partial charge in [0, 0.05) is 12.5 Å². The molecule has 1 heterocycles. The van der Waals surface area contributed by atoms with Crippen LogP contribution in [0, 0.1) is 5.92 Å². The molecule has 0 aliphatic carbocycles. The van der Waals surface area contributed by atoms with Crippen LogP contribution in [-0.2, 0) is 0 Å². The summed E-state index contributed by atoms with van der Waals surface area (Å²) in [6.45, 7) is 7.61. The van der Waals surface area contributed by atoms with E-state index in [2.05, 4.69) is 43.4 Å². The molecule has 2 nitrogen and oxygen atoms in total. The molecule has 0 unspecified atom stereocenters. The molecular formula is C16H25NO. The van der Waals surface area contributed by atoms with Gasteiger partial charge < -0.3 is 10.1 Å². The summed E-state index contributed by atoms with van der Waals surface area (Å²) >= 11 is 0. The maximum absolute atomic E-state index is 6.06. The second-order valence-electron chi connectivity index (χ2n) is 5.37. The van der Waals surface area contributed by atoms with Crippen molar-refractivity contribution in [2.75, 3.05) is 19.7 Å². The molecule has 18 heavy (non-hydrogen) atoms.